The molecule has 27 heavy (non-hydrogen) atoms. The third-order valence-electron chi connectivity index (χ3n) is 4.83. The summed E-state index contributed by atoms with van der Waals surface area (Å²) < 4.78 is 5.90. The van der Waals surface area contributed by atoms with Crippen molar-refractivity contribution in [3.63, 3.8) is 0 Å². The molecule has 3 aromatic carbocycles. The van der Waals surface area contributed by atoms with Crippen molar-refractivity contribution in [1.29, 1.82) is 0 Å². The van der Waals surface area contributed by atoms with Crippen molar-refractivity contribution in [2.75, 3.05) is 13.2 Å². The summed E-state index contributed by atoms with van der Waals surface area (Å²) in [4.78, 5) is 0. The topological polar surface area (TPSA) is 29.5 Å². The highest BCUT2D eigenvalue weighted by molar-refractivity contribution is 5.45. The Balaban J connectivity index is 1.83. The summed E-state index contributed by atoms with van der Waals surface area (Å²) in [6.45, 7) is 2.48. The van der Waals surface area contributed by atoms with E-state index in [0.29, 0.717) is 6.61 Å². The van der Waals surface area contributed by atoms with Crippen molar-refractivity contribution >= 4 is 0 Å². The van der Waals surface area contributed by atoms with E-state index < -0.39 is 0 Å². The zero-order valence-corrected chi connectivity index (χ0v) is 16.0. The van der Waals surface area contributed by atoms with Gasteiger partial charge in [-0.25, -0.2) is 0 Å². The molecular weight excluding hydrogens is 332 g/mol. The van der Waals surface area contributed by atoms with Crippen LogP contribution in [0.3, 0.4) is 0 Å². The quantitative estimate of drug-likeness (QED) is 0.586. The minimum absolute atomic E-state index is 0.0332. The first-order valence-corrected chi connectivity index (χ1v) is 9.70. The molecule has 3 rings (SSSR count). The fourth-order valence-electron chi connectivity index (χ4n) is 3.48. The smallest absolute Gasteiger partial charge is 0.123 e. The maximum atomic E-state index is 9.19. The Hall–Kier alpha value is -2.58. The van der Waals surface area contributed by atoms with Crippen LogP contribution in [0, 0.1) is 6.92 Å². The molecule has 0 spiro atoms. The number of rotatable bonds is 9. The number of aryl methyl sites for hydroxylation is 4. The van der Waals surface area contributed by atoms with Crippen molar-refractivity contribution in [3.8, 4) is 5.75 Å². The summed E-state index contributed by atoms with van der Waals surface area (Å²) in [5, 5.41) is 9.19. The van der Waals surface area contributed by atoms with Crippen LogP contribution in [0.25, 0.3) is 0 Å². The first-order chi connectivity index (χ1) is 13.3. The summed E-state index contributed by atoms with van der Waals surface area (Å²) in [7, 11) is 0. The monoisotopic (exact) mass is 360 g/mol. The molecule has 0 radical (unpaired) electrons. The highest BCUT2D eigenvalue weighted by atomic mass is 16.5. The van der Waals surface area contributed by atoms with Gasteiger partial charge in [0.15, 0.2) is 0 Å². The molecule has 1 N–H and O–H groups in total. The number of aliphatic hydroxyl groups is 1. The molecule has 2 nitrogen and oxygen atoms in total. The molecule has 0 unspecified atom stereocenters. The van der Waals surface area contributed by atoms with E-state index in [-0.39, 0.29) is 6.61 Å². The lowest BCUT2D eigenvalue weighted by atomic mass is 9.93. The standard InChI is InChI=1S/C25H28O2/c1-20-18-23(14-12-21-8-4-2-5-9-21)24(25(19-20)27-17-16-26)15-13-22-10-6-3-7-11-22/h2-11,18-19,26H,12-17H2,1H3. The van der Waals surface area contributed by atoms with Gasteiger partial charge in [-0.3, -0.25) is 0 Å². The van der Waals surface area contributed by atoms with Crippen LogP contribution in [0.4, 0.5) is 0 Å². The maximum Gasteiger partial charge on any atom is 0.123 e. The van der Waals surface area contributed by atoms with Crippen LogP contribution in [0.15, 0.2) is 72.8 Å². The molecule has 0 aliphatic carbocycles. The fraction of sp³-hybridized carbons (Fsp3) is 0.280. The van der Waals surface area contributed by atoms with Gasteiger partial charge in [-0.2, -0.15) is 0 Å². The Morgan fingerprint density at radius 2 is 1.33 bits per heavy atom. The van der Waals surface area contributed by atoms with E-state index in [2.05, 4.69) is 79.7 Å². The number of aliphatic hydroxyl groups excluding tert-OH is 1. The molecule has 0 aliphatic rings. The molecule has 3 aromatic rings. The number of ether oxygens (including phenoxy) is 1. The van der Waals surface area contributed by atoms with Crippen LogP contribution in [0.2, 0.25) is 0 Å². The summed E-state index contributed by atoms with van der Waals surface area (Å²) in [6.07, 6.45) is 3.93. The van der Waals surface area contributed by atoms with Crippen LogP contribution in [-0.2, 0) is 25.7 Å². The van der Waals surface area contributed by atoms with Gasteiger partial charge in [0.05, 0.1) is 6.61 Å². The minimum atomic E-state index is 0.0332. The molecule has 0 bridgehead atoms. The predicted octanol–water partition coefficient (Wildman–Crippen LogP) is 4.94. The van der Waals surface area contributed by atoms with E-state index in [1.807, 2.05) is 0 Å². The first kappa shape index (κ1) is 19.2. The largest absolute Gasteiger partial charge is 0.491 e. The molecule has 0 aliphatic heterocycles. The van der Waals surface area contributed by atoms with Gasteiger partial charge in [0.2, 0.25) is 0 Å². The van der Waals surface area contributed by atoms with Crippen LogP contribution in [-0.4, -0.2) is 18.3 Å². The van der Waals surface area contributed by atoms with E-state index in [4.69, 9.17) is 4.74 Å². The molecule has 0 saturated carbocycles. The Morgan fingerprint density at radius 1 is 0.741 bits per heavy atom. The SMILES string of the molecule is Cc1cc(CCc2ccccc2)c(CCc2ccccc2)c(OCCO)c1. The molecule has 0 fully saturated rings. The van der Waals surface area contributed by atoms with Crippen molar-refractivity contribution in [3.05, 3.63) is 101 Å². The summed E-state index contributed by atoms with van der Waals surface area (Å²) in [5.41, 5.74) is 6.51. The predicted molar refractivity (Wildman–Crippen MR) is 111 cm³/mol. The van der Waals surface area contributed by atoms with Crippen LogP contribution in [0.1, 0.15) is 27.8 Å². The maximum absolute atomic E-state index is 9.19. The molecule has 2 heteroatoms. The van der Waals surface area contributed by atoms with Gasteiger partial charge in [-0.15, -0.1) is 0 Å². The second-order valence-electron chi connectivity index (χ2n) is 6.94. The van der Waals surface area contributed by atoms with Gasteiger partial charge in [-0.05, 0) is 66.5 Å². The average Bonchev–Trinajstić information content (AvgIpc) is 2.71. The van der Waals surface area contributed by atoms with E-state index in [1.54, 1.807) is 0 Å². The van der Waals surface area contributed by atoms with E-state index in [9.17, 15) is 5.11 Å². The Labute approximate surface area is 162 Å². The number of hydrogen-bond acceptors (Lipinski definition) is 2. The third-order valence-corrected chi connectivity index (χ3v) is 4.83. The van der Waals surface area contributed by atoms with Gasteiger partial charge < -0.3 is 9.84 Å². The Bertz CT molecular complexity index is 826. The van der Waals surface area contributed by atoms with E-state index in [1.165, 1.54) is 27.8 Å². The zero-order valence-electron chi connectivity index (χ0n) is 16.0. The molecule has 0 saturated heterocycles. The van der Waals surface area contributed by atoms with Gasteiger partial charge in [-0.1, -0.05) is 66.7 Å². The van der Waals surface area contributed by atoms with Crippen molar-refractivity contribution in [2.45, 2.75) is 32.6 Å². The first-order valence-electron chi connectivity index (χ1n) is 9.70. The summed E-state index contributed by atoms with van der Waals surface area (Å²) in [5.74, 6) is 0.919. The third kappa shape index (κ3) is 5.70. The second-order valence-corrected chi connectivity index (χ2v) is 6.94. The fourth-order valence-corrected chi connectivity index (χ4v) is 3.48. The number of benzene rings is 3. The highest BCUT2D eigenvalue weighted by Crippen LogP contribution is 2.28. The average molecular weight is 360 g/mol. The van der Waals surface area contributed by atoms with Crippen molar-refractivity contribution in [2.24, 2.45) is 0 Å². The lowest BCUT2D eigenvalue weighted by molar-refractivity contribution is 0.200. The molecular formula is C25H28O2. The molecule has 140 valence electrons. The minimum Gasteiger partial charge on any atom is -0.491 e. The zero-order chi connectivity index (χ0) is 18.9. The molecule has 0 aromatic heterocycles. The molecule has 0 atom stereocenters. The lowest BCUT2D eigenvalue weighted by Crippen LogP contribution is -2.08. The normalized spacial score (nSPS) is 10.7. The number of hydrogen-bond donors (Lipinski definition) is 1. The Kier molecular flexibility index (Phi) is 7.06. The van der Waals surface area contributed by atoms with Gasteiger partial charge >= 0.3 is 0 Å². The van der Waals surface area contributed by atoms with Crippen LogP contribution < -0.4 is 4.74 Å². The Morgan fingerprint density at radius 3 is 1.93 bits per heavy atom. The highest BCUT2D eigenvalue weighted by Gasteiger charge is 2.12. The van der Waals surface area contributed by atoms with E-state index >= 15 is 0 Å². The molecule has 0 heterocycles. The van der Waals surface area contributed by atoms with Gasteiger partial charge in [0.25, 0.3) is 0 Å². The summed E-state index contributed by atoms with van der Waals surface area (Å²) in [6, 6.07) is 25.6. The van der Waals surface area contributed by atoms with Crippen molar-refractivity contribution < 1.29 is 9.84 Å². The van der Waals surface area contributed by atoms with Crippen LogP contribution in [0.5, 0.6) is 5.75 Å². The van der Waals surface area contributed by atoms with Gasteiger partial charge in [0, 0.05) is 0 Å². The molecule has 0 amide bonds. The lowest BCUT2D eigenvalue weighted by Gasteiger charge is -2.17. The van der Waals surface area contributed by atoms with Gasteiger partial charge in [0.1, 0.15) is 12.4 Å². The van der Waals surface area contributed by atoms with E-state index in [0.717, 1.165) is 31.4 Å². The second kappa shape index (κ2) is 9.94. The van der Waals surface area contributed by atoms with Crippen LogP contribution >= 0.6 is 0 Å². The van der Waals surface area contributed by atoms with Crippen molar-refractivity contribution in [1.82, 2.24) is 0 Å². The summed E-state index contributed by atoms with van der Waals surface area (Å²) >= 11 is 0.